The van der Waals surface area contributed by atoms with Gasteiger partial charge in [-0.3, -0.25) is 4.79 Å². The number of imidazole rings is 1. The van der Waals surface area contributed by atoms with E-state index in [2.05, 4.69) is 4.98 Å². The number of aliphatic carboxylic acids is 1. The van der Waals surface area contributed by atoms with E-state index in [1.54, 1.807) is 0 Å². The Balaban J connectivity index is 2.02. The number of carboxylic acids is 1. The molecule has 1 aromatic heterocycles. The average Bonchev–Trinajstić information content (AvgIpc) is 2.71. The van der Waals surface area contributed by atoms with E-state index >= 15 is 0 Å². The number of carbonyl (C=O) groups is 1. The molecule has 1 N–H and O–H groups in total. The first-order chi connectivity index (χ1) is 9.46. The summed E-state index contributed by atoms with van der Waals surface area (Å²) in [4.78, 5) is 15.1. The topological polar surface area (TPSA) is 89.3 Å². The fourth-order valence-electron chi connectivity index (χ4n) is 2.29. The van der Waals surface area contributed by atoms with Gasteiger partial charge in [0.1, 0.15) is 0 Å². The minimum absolute atomic E-state index is 0.0913. The lowest BCUT2D eigenvalue weighted by Gasteiger charge is -2.28. The predicted octanol–water partition coefficient (Wildman–Crippen LogP) is 1.18. The van der Waals surface area contributed by atoms with Crippen LogP contribution < -0.4 is 0 Å². The van der Waals surface area contributed by atoms with Crippen molar-refractivity contribution >= 4 is 38.6 Å². The van der Waals surface area contributed by atoms with Crippen LogP contribution in [0.1, 0.15) is 6.04 Å². The fraction of sp³-hybridized carbons (Fsp3) is 0.333. The van der Waals surface area contributed by atoms with Crippen LogP contribution in [-0.4, -0.2) is 46.3 Å². The Labute approximate surface area is 119 Å². The molecule has 0 amide bonds. The molecule has 0 radical (unpaired) electrons. The third-order valence-corrected chi connectivity index (χ3v) is 5.87. The third-order valence-electron chi connectivity index (χ3n) is 3.15. The maximum atomic E-state index is 11.4. The number of hydrogen-bond acceptors (Lipinski definition) is 5. The van der Waals surface area contributed by atoms with Crippen molar-refractivity contribution in [3.05, 3.63) is 24.3 Å². The maximum absolute atomic E-state index is 11.4. The van der Waals surface area contributed by atoms with Gasteiger partial charge in [-0.1, -0.05) is 23.9 Å². The van der Waals surface area contributed by atoms with E-state index < -0.39 is 15.8 Å². The van der Waals surface area contributed by atoms with E-state index in [0.717, 1.165) is 22.8 Å². The molecule has 3 rings (SSSR count). The summed E-state index contributed by atoms with van der Waals surface area (Å²) in [7, 11) is -2.95. The van der Waals surface area contributed by atoms with Crippen molar-refractivity contribution in [2.75, 3.05) is 17.3 Å². The number of sulfone groups is 1. The first kappa shape index (κ1) is 13.4. The van der Waals surface area contributed by atoms with Gasteiger partial charge in [-0.25, -0.2) is 13.4 Å². The molecule has 20 heavy (non-hydrogen) atoms. The Morgan fingerprint density at radius 3 is 2.75 bits per heavy atom. The van der Waals surface area contributed by atoms with Gasteiger partial charge < -0.3 is 9.67 Å². The van der Waals surface area contributed by atoms with Crippen LogP contribution in [0.5, 0.6) is 0 Å². The van der Waals surface area contributed by atoms with Crippen LogP contribution in [0.15, 0.2) is 29.4 Å². The molecule has 1 saturated heterocycles. The number of para-hydroxylation sites is 2. The van der Waals surface area contributed by atoms with E-state index in [9.17, 15) is 13.2 Å². The molecule has 1 fully saturated rings. The van der Waals surface area contributed by atoms with Gasteiger partial charge in [0.05, 0.1) is 34.3 Å². The predicted molar refractivity (Wildman–Crippen MR) is 75.8 cm³/mol. The Hall–Kier alpha value is -1.54. The first-order valence-corrected chi connectivity index (χ1v) is 8.79. The van der Waals surface area contributed by atoms with Crippen LogP contribution in [0.25, 0.3) is 11.0 Å². The van der Waals surface area contributed by atoms with E-state index in [1.165, 1.54) is 0 Å². The second-order valence-electron chi connectivity index (χ2n) is 4.67. The minimum Gasteiger partial charge on any atom is -0.481 e. The molecular formula is C12H12N2O4S2. The van der Waals surface area contributed by atoms with Crippen LogP contribution in [0.3, 0.4) is 0 Å². The number of hydrogen-bond donors (Lipinski definition) is 1. The Bertz CT molecular complexity index is 770. The highest BCUT2D eigenvalue weighted by Crippen LogP contribution is 2.33. The van der Waals surface area contributed by atoms with Gasteiger partial charge in [0.15, 0.2) is 15.0 Å². The van der Waals surface area contributed by atoms with Crippen molar-refractivity contribution in [1.29, 1.82) is 0 Å². The molecule has 1 aliphatic heterocycles. The van der Waals surface area contributed by atoms with Gasteiger partial charge in [-0.2, -0.15) is 0 Å². The van der Waals surface area contributed by atoms with E-state index in [1.807, 2.05) is 28.8 Å². The monoisotopic (exact) mass is 312 g/mol. The lowest BCUT2D eigenvalue weighted by molar-refractivity contribution is -0.133. The van der Waals surface area contributed by atoms with Crippen molar-refractivity contribution < 1.29 is 18.3 Å². The van der Waals surface area contributed by atoms with Crippen molar-refractivity contribution in [2.45, 2.75) is 11.2 Å². The van der Waals surface area contributed by atoms with Crippen LogP contribution in [0, 0.1) is 0 Å². The molecule has 1 aliphatic rings. The third kappa shape index (κ3) is 2.40. The quantitative estimate of drug-likeness (QED) is 0.853. The van der Waals surface area contributed by atoms with Gasteiger partial charge >= 0.3 is 5.97 Å². The highest BCUT2D eigenvalue weighted by atomic mass is 32.2. The molecule has 0 unspecified atom stereocenters. The Morgan fingerprint density at radius 2 is 2.10 bits per heavy atom. The maximum Gasteiger partial charge on any atom is 0.313 e. The molecule has 0 aliphatic carbocycles. The van der Waals surface area contributed by atoms with Crippen molar-refractivity contribution in [2.24, 2.45) is 0 Å². The number of thioether (sulfide) groups is 1. The molecule has 106 valence electrons. The second kappa shape index (κ2) is 4.78. The van der Waals surface area contributed by atoms with E-state index in [4.69, 9.17) is 5.11 Å². The zero-order chi connectivity index (χ0) is 14.3. The zero-order valence-electron chi connectivity index (χ0n) is 10.4. The summed E-state index contributed by atoms with van der Waals surface area (Å²) in [5, 5.41) is 9.34. The molecule has 2 heterocycles. The molecule has 8 heteroatoms. The summed E-state index contributed by atoms with van der Waals surface area (Å²) in [5.74, 6) is -0.833. The number of benzene rings is 1. The summed E-state index contributed by atoms with van der Waals surface area (Å²) in [5.41, 5.74) is 1.60. The minimum atomic E-state index is -2.95. The number of nitrogens with zero attached hydrogens (tertiary/aromatic N) is 2. The number of rotatable bonds is 4. The molecule has 0 spiro atoms. The standard InChI is InChI=1S/C12H12N2O4S2/c15-11(16)5-19-12-13-9-3-1-2-4-10(9)14(12)8-6-20(17,18)7-8/h1-4,8H,5-7H2,(H,15,16). The lowest BCUT2D eigenvalue weighted by atomic mass is 10.3. The van der Waals surface area contributed by atoms with Crippen LogP contribution in [-0.2, 0) is 14.6 Å². The molecular weight excluding hydrogens is 300 g/mol. The van der Waals surface area contributed by atoms with Crippen molar-refractivity contribution in [3.63, 3.8) is 0 Å². The van der Waals surface area contributed by atoms with Gasteiger partial charge in [-0.05, 0) is 12.1 Å². The average molecular weight is 312 g/mol. The molecule has 1 aromatic carbocycles. The molecule has 6 nitrogen and oxygen atoms in total. The van der Waals surface area contributed by atoms with Crippen molar-refractivity contribution in [1.82, 2.24) is 9.55 Å². The highest BCUT2D eigenvalue weighted by Gasteiger charge is 2.36. The molecule has 2 aromatic rings. The summed E-state index contributed by atoms with van der Waals surface area (Å²) >= 11 is 1.12. The Morgan fingerprint density at radius 1 is 1.40 bits per heavy atom. The van der Waals surface area contributed by atoms with Gasteiger partial charge in [0.25, 0.3) is 0 Å². The summed E-state index contributed by atoms with van der Waals surface area (Å²) in [6, 6.07) is 7.27. The summed E-state index contributed by atoms with van der Waals surface area (Å²) < 4.78 is 24.6. The summed E-state index contributed by atoms with van der Waals surface area (Å²) in [6.45, 7) is 0. The Kier molecular flexibility index (Phi) is 3.21. The van der Waals surface area contributed by atoms with Gasteiger partial charge in [0.2, 0.25) is 0 Å². The second-order valence-corrected chi connectivity index (χ2v) is 7.76. The number of fused-ring (bicyclic) bond motifs is 1. The molecule has 0 atom stereocenters. The summed E-state index contributed by atoms with van der Waals surface area (Å²) in [6.07, 6.45) is 0. The van der Waals surface area contributed by atoms with Crippen LogP contribution in [0.2, 0.25) is 0 Å². The molecule has 0 bridgehead atoms. The number of carboxylic acid groups (broad SMARTS) is 1. The highest BCUT2D eigenvalue weighted by molar-refractivity contribution is 7.99. The fourth-order valence-corrected chi connectivity index (χ4v) is 4.46. The smallest absolute Gasteiger partial charge is 0.313 e. The normalized spacial score (nSPS) is 18.0. The molecule has 0 saturated carbocycles. The van der Waals surface area contributed by atoms with Crippen LogP contribution >= 0.6 is 11.8 Å². The van der Waals surface area contributed by atoms with Gasteiger partial charge in [0, 0.05) is 0 Å². The largest absolute Gasteiger partial charge is 0.481 e. The van der Waals surface area contributed by atoms with Crippen LogP contribution in [0.4, 0.5) is 0 Å². The van der Waals surface area contributed by atoms with Gasteiger partial charge in [-0.15, -0.1) is 0 Å². The van der Waals surface area contributed by atoms with E-state index in [0.29, 0.717) is 5.16 Å². The van der Waals surface area contributed by atoms with Crippen molar-refractivity contribution in [3.8, 4) is 0 Å². The van der Waals surface area contributed by atoms with E-state index in [-0.39, 0.29) is 23.3 Å². The zero-order valence-corrected chi connectivity index (χ0v) is 12.0. The lowest BCUT2D eigenvalue weighted by Crippen LogP contribution is -2.38. The number of aromatic nitrogens is 2. The first-order valence-electron chi connectivity index (χ1n) is 5.98. The SMILES string of the molecule is O=C(O)CSc1nc2ccccc2n1C1CS(=O)(=O)C1.